The number of halogens is 1. The van der Waals surface area contributed by atoms with Crippen molar-refractivity contribution in [2.75, 3.05) is 27.6 Å². The fraction of sp³-hybridized carbons (Fsp3) is 0.269. The van der Waals surface area contributed by atoms with E-state index < -0.39 is 12.0 Å². The van der Waals surface area contributed by atoms with E-state index in [1.54, 1.807) is 50.3 Å². The van der Waals surface area contributed by atoms with Gasteiger partial charge in [0, 0.05) is 6.07 Å². The molecule has 2 aromatic carbocycles. The minimum absolute atomic E-state index is 0.110. The summed E-state index contributed by atoms with van der Waals surface area (Å²) in [5.74, 6) is 1.54. The number of hydrogen-bond donors (Lipinski definition) is 0. The minimum atomic E-state index is -0.788. The van der Waals surface area contributed by atoms with Crippen LogP contribution in [0.4, 0.5) is 0 Å². The molecule has 2 aliphatic heterocycles. The first-order valence-electron chi connectivity index (χ1n) is 11.4. The Morgan fingerprint density at radius 2 is 1.92 bits per heavy atom. The summed E-state index contributed by atoms with van der Waals surface area (Å²) in [5.41, 5.74) is 1.65. The number of rotatable bonds is 6. The molecule has 0 aliphatic carbocycles. The highest BCUT2D eigenvalue weighted by Crippen LogP contribution is 2.38. The smallest absolute Gasteiger partial charge is 0.338 e. The van der Waals surface area contributed by atoms with E-state index in [4.69, 9.17) is 35.3 Å². The molecule has 11 heteroatoms. The van der Waals surface area contributed by atoms with Crippen molar-refractivity contribution in [1.82, 2.24) is 4.57 Å². The Kier molecular flexibility index (Phi) is 6.70. The molecule has 1 atom stereocenters. The van der Waals surface area contributed by atoms with Crippen LogP contribution in [0.1, 0.15) is 31.0 Å². The highest BCUT2D eigenvalue weighted by molar-refractivity contribution is 7.07. The van der Waals surface area contributed by atoms with Crippen LogP contribution in [-0.4, -0.2) is 38.2 Å². The summed E-state index contributed by atoms with van der Waals surface area (Å²) in [7, 11) is 3.06. The van der Waals surface area contributed by atoms with Gasteiger partial charge in [-0.05, 0) is 49.2 Å². The van der Waals surface area contributed by atoms with Crippen LogP contribution >= 0.6 is 22.9 Å². The lowest BCUT2D eigenvalue weighted by atomic mass is 9.95. The number of aromatic nitrogens is 1. The first-order chi connectivity index (χ1) is 17.9. The van der Waals surface area contributed by atoms with Gasteiger partial charge in [-0.2, -0.15) is 0 Å². The Hall–Kier alpha value is -3.76. The van der Waals surface area contributed by atoms with E-state index in [2.05, 4.69) is 4.99 Å². The average Bonchev–Trinajstić information content (AvgIpc) is 3.46. The predicted octanol–water partition coefficient (Wildman–Crippen LogP) is 3.20. The van der Waals surface area contributed by atoms with Crippen molar-refractivity contribution >= 4 is 35.0 Å². The molecule has 0 amide bonds. The van der Waals surface area contributed by atoms with Gasteiger partial charge >= 0.3 is 5.97 Å². The van der Waals surface area contributed by atoms with Crippen molar-refractivity contribution in [3.8, 4) is 23.0 Å². The summed E-state index contributed by atoms with van der Waals surface area (Å²) < 4.78 is 28.9. The quantitative estimate of drug-likeness (QED) is 0.441. The molecule has 192 valence electrons. The zero-order chi connectivity index (χ0) is 26.3. The number of hydrogen-bond acceptors (Lipinski definition) is 9. The molecular weight excluding hydrogens is 520 g/mol. The van der Waals surface area contributed by atoms with Gasteiger partial charge < -0.3 is 23.7 Å². The Morgan fingerprint density at radius 1 is 1.19 bits per heavy atom. The first-order valence-corrected chi connectivity index (χ1v) is 12.6. The van der Waals surface area contributed by atoms with Crippen LogP contribution in [0.25, 0.3) is 6.08 Å². The molecule has 1 aromatic heterocycles. The molecular formula is C26H23ClN2O7S. The summed E-state index contributed by atoms with van der Waals surface area (Å²) >= 11 is 7.66. The van der Waals surface area contributed by atoms with Gasteiger partial charge in [0.2, 0.25) is 6.79 Å². The summed E-state index contributed by atoms with van der Waals surface area (Å²) in [6, 6.07) is 7.86. The summed E-state index contributed by atoms with van der Waals surface area (Å²) in [4.78, 5) is 31.9. The van der Waals surface area contributed by atoms with E-state index in [-0.39, 0.29) is 24.5 Å². The highest BCUT2D eigenvalue weighted by Gasteiger charge is 2.34. The zero-order valence-corrected chi connectivity index (χ0v) is 22.1. The molecule has 0 spiro atoms. The van der Waals surface area contributed by atoms with Gasteiger partial charge in [0.05, 0.1) is 47.7 Å². The fourth-order valence-corrected chi connectivity index (χ4v) is 5.56. The third kappa shape index (κ3) is 4.36. The Morgan fingerprint density at radius 3 is 2.62 bits per heavy atom. The molecule has 2 aliphatic rings. The Balaban J connectivity index is 1.72. The average molecular weight is 543 g/mol. The van der Waals surface area contributed by atoms with E-state index in [1.807, 2.05) is 0 Å². The number of nitrogens with zero attached hydrogens (tertiary/aromatic N) is 2. The van der Waals surface area contributed by atoms with Crippen LogP contribution in [0.15, 0.2) is 51.4 Å². The van der Waals surface area contributed by atoms with Gasteiger partial charge in [-0.25, -0.2) is 9.79 Å². The number of carbonyl (C=O) groups is 1. The predicted molar refractivity (Wildman–Crippen MR) is 138 cm³/mol. The van der Waals surface area contributed by atoms with Gasteiger partial charge in [0.15, 0.2) is 27.8 Å². The molecule has 0 unspecified atom stereocenters. The van der Waals surface area contributed by atoms with Crippen molar-refractivity contribution < 1.29 is 28.5 Å². The molecule has 0 bridgehead atoms. The lowest BCUT2D eigenvalue weighted by molar-refractivity contribution is -0.139. The molecule has 0 saturated carbocycles. The maximum Gasteiger partial charge on any atom is 0.338 e. The molecule has 0 N–H and O–H groups in total. The van der Waals surface area contributed by atoms with Crippen LogP contribution in [0, 0.1) is 0 Å². The number of carbonyl (C=O) groups excluding carboxylic acids is 1. The van der Waals surface area contributed by atoms with Crippen molar-refractivity contribution in [2.24, 2.45) is 4.99 Å². The molecule has 37 heavy (non-hydrogen) atoms. The third-order valence-electron chi connectivity index (χ3n) is 6.02. The largest absolute Gasteiger partial charge is 0.493 e. The van der Waals surface area contributed by atoms with Crippen molar-refractivity contribution in [3.05, 3.63) is 77.4 Å². The second kappa shape index (κ2) is 9.95. The van der Waals surface area contributed by atoms with E-state index in [0.29, 0.717) is 54.2 Å². The van der Waals surface area contributed by atoms with Crippen molar-refractivity contribution in [3.63, 3.8) is 0 Å². The number of esters is 1. The van der Waals surface area contributed by atoms with Crippen LogP contribution in [0.5, 0.6) is 23.0 Å². The van der Waals surface area contributed by atoms with Crippen LogP contribution < -0.4 is 33.8 Å². The molecule has 5 rings (SSSR count). The van der Waals surface area contributed by atoms with Crippen molar-refractivity contribution in [2.45, 2.75) is 19.9 Å². The number of benzene rings is 2. The Labute approximate surface area is 220 Å². The fourth-order valence-electron chi connectivity index (χ4n) is 4.31. The number of ether oxygens (including phenoxy) is 5. The number of fused-ring (bicyclic) bond motifs is 2. The minimum Gasteiger partial charge on any atom is -0.493 e. The van der Waals surface area contributed by atoms with Gasteiger partial charge in [-0.3, -0.25) is 9.36 Å². The van der Waals surface area contributed by atoms with Gasteiger partial charge in [0.25, 0.3) is 5.56 Å². The maximum absolute atomic E-state index is 13.8. The van der Waals surface area contributed by atoms with Crippen LogP contribution in [-0.2, 0) is 9.53 Å². The number of thiazole rings is 1. The van der Waals surface area contributed by atoms with Gasteiger partial charge in [0.1, 0.15) is 0 Å². The second-order valence-electron chi connectivity index (χ2n) is 8.14. The Bertz CT molecular complexity index is 1620. The van der Waals surface area contributed by atoms with Gasteiger partial charge in [-0.15, -0.1) is 0 Å². The van der Waals surface area contributed by atoms with Gasteiger partial charge in [-0.1, -0.05) is 29.0 Å². The lowest BCUT2D eigenvalue weighted by Crippen LogP contribution is -2.40. The summed E-state index contributed by atoms with van der Waals surface area (Å²) in [6.07, 6.45) is 1.68. The van der Waals surface area contributed by atoms with Crippen molar-refractivity contribution in [1.29, 1.82) is 0 Å². The third-order valence-corrected chi connectivity index (χ3v) is 7.33. The molecule has 3 heterocycles. The molecule has 0 saturated heterocycles. The van der Waals surface area contributed by atoms with E-state index in [0.717, 1.165) is 0 Å². The van der Waals surface area contributed by atoms with E-state index in [1.165, 1.54) is 30.1 Å². The SMILES string of the molecule is CCOC(=O)C1=C(C)N=c2s/c(=C/c3cc4c(cc3Cl)OCO4)c(=O)n2[C@H]1c1ccc(OC)c(OC)c1. The summed E-state index contributed by atoms with van der Waals surface area (Å²) in [6.45, 7) is 3.75. The molecule has 0 fully saturated rings. The number of methoxy groups -OCH3 is 2. The summed E-state index contributed by atoms with van der Waals surface area (Å²) in [5, 5.41) is 0.412. The highest BCUT2D eigenvalue weighted by atomic mass is 35.5. The second-order valence-corrected chi connectivity index (χ2v) is 9.56. The topological polar surface area (TPSA) is 97.6 Å². The number of allylic oxidation sites excluding steroid dienone is 1. The molecule has 9 nitrogen and oxygen atoms in total. The lowest BCUT2D eigenvalue weighted by Gasteiger charge is -2.25. The van der Waals surface area contributed by atoms with Crippen LogP contribution in [0.3, 0.4) is 0 Å². The van der Waals surface area contributed by atoms with E-state index in [9.17, 15) is 9.59 Å². The normalized spacial score (nSPS) is 16.4. The standard InChI is InChI=1S/C26H23ClN2O7S/c1-5-34-25(31)22-13(2)28-26-29(23(22)14-6-7-17(32-3)18(8-14)33-4)24(30)21(37-26)10-15-9-19-20(11-16(15)27)36-12-35-19/h6-11,23H,5,12H2,1-4H3/b21-10+/t23-/m0/s1. The zero-order valence-electron chi connectivity index (χ0n) is 20.5. The maximum atomic E-state index is 13.8. The first kappa shape index (κ1) is 24.9. The van der Waals surface area contributed by atoms with Crippen LogP contribution in [0.2, 0.25) is 5.02 Å². The molecule has 3 aromatic rings. The monoisotopic (exact) mass is 542 g/mol. The molecule has 0 radical (unpaired) electrons. The van der Waals surface area contributed by atoms with E-state index >= 15 is 0 Å².